The highest BCUT2D eigenvalue weighted by Crippen LogP contribution is 2.13. The van der Waals surface area contributed by atoms with E-state index < -0.39 is 18.6 Å². The average molecular weight is 317 g/mol. The van der Waals surface area contributed by atoms with Gasteiger partial charge in [-0.3, -0.25) is 4.79 Å². The number of alkyl halides is 3. The Morgan fingerprint density at radius 1 is 1.09 bits per heavy atom. The number of hydrogen-bond donors (Lipinski definition) is 3. The van der Waals surface area contributed by atoms with Crippen LogP contribution < -0.4 is 16.0 Å². The molecule has 0 saturated carbocycles. The molecular formula is C14H18F3N3O2. The van der Waals surface area contributed by atoms with Gasteiger partial charge in [-0.05, 0) is 31.5 Å². The quantitative estimate of drug-likeness (QED) is 0.779. The summed E-state index contributed by atoms with van der Waals surface area (Å²) in [6, 6.07) is 5.64. The molecule has 3 N–H and O–H groups in total. The molecule has 1 aromatic rings. The van der Waals surface area contributed by atoms with Crippen molar-refractivity contribution >= 4 is 11.9 Å². The van der Waals surface area contributed by atoms with Crippen molar-refractivity contribution in [3.63, 3.8) is 0 Å². The minimum Gasteiger partial charge on any atom is -0.343 e. The van der Waals surface area contributed by atoms with Crippen molar-refractivity contribution in [3.8, 4) is 0 Å². The molecule has 122 valence electrons. The fourth-order valence-corrected chi connectivity index (χ4v) is 1.55. The summed E-state index contributed by atoms with van der Waals surface area (Å²) in [5, 5.41) is 7.06. The van der Waals surface area contributed by atoms with E-state index in [-0.39, 0.29) is 24.2 Å². The zero-order chi connectivity index (χ0) is 16.8. The number of benzene rings is 1. The Hall–Kier alpha value is -2.25. The lowest BCUT2D eigenvalue weighted by molar-refractivity contribution is -0.123. The minimum absolute atomic E-state index is 0.0136. The first-order chi connectivity index (χ1) is 10.2. The molecule has 0 heterocycles. The van der Waals surface area contributed by atoms with Gasteiger partial charge >= 0.3 is 12.2 Å². The Morgan fingerprint density at radius 2 is 1.68 bits per heavy atom. The van der Waals surface area contributed by atoms with Crippen molar-refractivity contribution < 1.29 is 22.8 Å². The van der Waals surface area contributed by atoms with Crippen LogP contribution in [0.15, 0.2) is 24.3 Å². The molecule has 0 aliphatic carbocycles. The van der Waals surface area contributed by atoms with Gasteiger partial charge in [0.05, 0.1) is 0 Å². The number of carbonyl (C=O) groups excluding carboxylic acids is 2. The largest absolute Gasteiger partial charge is 0.405 e. The van der Waals surface area contributed by atoms with E-state index in [1.165, 1.54) is 12.1 Å². The summed E-state index contributed by atoms with van der Waals surface area (Å²) in [7, 11) is 0. The van der Waals surface area contributed by atoms with E-state index >= 15 is 0 Å². The van der Waals surface area contributed by atoms with Crippen LogP contribution in [0.3, 0.4) is 0 Å². The highest BCUT2D eigenvalue weighted by Gasteiger charge is 2.27. The third-order valence-electron chi connectivity index (χ3n) is 2.54. The average Bonchev–Trinajstić information content (AvgIpc) is 2.41. The SMILES string of the molecule is CC(C)NC(=O)NCc1ccc(C(=O)NCC(F)(F)F)cc1. The molecule has 0 spiro atoms. The second-order valence-electron chi connectivity index (χ2n) is 4.98. The number of urea groups is 1. The highest BCUT2D eigenvalue weighted by atomic mass is 19.4. The van der Waals surface area contributed by atoms with Crippen molar-refractivity contribution in [3.05, 3.63) is 35.4 Å². The molecule has 0 aliphatic heterocycles. The summed E-state index contributed by atoms with van der Waals surface area (Å²) in [6.45, 7) is 2.54. The highest BCUT2D eigenvalue weighted by molar-refractivity contribution is 5.94. The maximum atomic E-state index is 12.0. The summed E-state index contributed by atoms with van der Waals surface area (Å²) in [5.41, 5.74) is 0.853. The molecule has 0 aromatic heterocycles. The molecule has 0 atom stereocenters. The summed E-state index contributed by atoms with van der Waals surface area (Å²) in [5.74, 6) is -0.797. The molecular weight excluding hydrogens is 299 g/mol. The van der Waals surface area contributed by atoms with E-state index in [1.54, 1.807) is 17.4 Å². The van der Waals surface area contributed by atoms with Crippen LogP contribution in [0.5, 0.6) is 0 Å². The first-order valence-corrected chi connectivity index (χ1v) is 6.65. The van der Waals surface area contributed by atoms with Crippen LogP contribution in [0.25, 0.3) is 0 Å². The summed E-state index contributed by atoms with van der Waals surface area (Å²) in [4.78, 5) is 22.9. The lowest BCUT2D eigenvalue weighted by atomic mass is 10.1. The van der Waals surface area contributed by atoms with Gasteiger partial charge in [0.15, 0.2) is 0 Å². The van der Waals surface area contributed by atoms with E-state index in [9.17, 15) is 22.8 Å². The van der Waals surface area contributed by atoms with Crippen molar-refractivity contribution in [2.45, 2.75) is 32.6 Å². The maximum absolute atomic E-state index is 12.0. The van der Waals surface area contributed by atoms with Crippen molar-refractivity contribution in [2.24, 2.45) is 0 Å². The first-order valence-electron chi connectivity index (χ1n) is 6.65. The second kappa shape index (κ2) is 7.67. The maximum Gasteiger partial charge on any atom is 0.405 e. The van der Waals surface area contributed by atoms with Crippen LogP contribution in [-0.2, 0) is 6.54 Å². The topological polar surface area (TPSA) is 70.2 Å². The standard InChI is InChI=1S/C14H18F3N3O2/c1-9(2)20-13(22)18-7-10-3-5-11(6-4-10)12(21)19-8-14(15,16)17/h3-6,9H,7-8H2,1-2H3,(H,19,21)(H2,18,20,22). The number of halogens is 3. The molecule has 0 unspecified atom stereocenters. The molecule has 1 rings (SSSR count). The Bertz CT molecular complexity index is 513. The van der Waals surface area contributed by atoms with Gasteiger partial charge < -0.3 is 16.0 Å². The van der Waals surface area contributed by atoms with Gasteiger partial charge in [-0.25, -0.2) is 4.79 Å². The van der Waals surface area contributed by atoms with E-state index in [0.29, 0.717) is 0 Å². The fraction of sp³-hybridized carbons (Fsp3) is 0.429. The molecule has 0 radical (unpaired) electrons. The Balaban J connectivity index is 2.49. The Morgan fingerprint density at radius 3 is 2.18 bits per heavy atom. The number of hydrogen-bond acceptors (Lipinski definition) is 2. The molecule has 3 amide bonds. The van der Waals surface area contributed by atoms with Crippen molar-refractivity contribution in [1.82, 2.24) is 16.0 Å². The molecule has 0 fully saturated rings. The lowest BCUT2D eigenvalue weighted by Gasteiger charge is -2.11. The van der Waals surface area contributed by atoms with E-state index in [4.69, 9.17) is 0 Å². The van der Waals surface area contributed by atoms with Gasteiger partial charge in [-0.2, -0.15) is 13.2 Å². The number of nitrogens with one attached hydrogen (secondary N) is 3. The second-order valence-corrected chi connectivity index (χ2v) is 4.98. The fourth-order valence-electron chi connectivity index (χ4n) is 1.55. The van der Waals surface area contributed by atoms with Crippen LogP contribution in [0.4, 0.5) is 18.0 Å². The molecule has 5 nitrogen and oxygen atoms in total. The lowest BCUT2D eigenvalue weighted by Crippen LogP contribution is -2.39. The molecule has 0 bridgehead atoms. The zero-order valence-corrected chi connectivity index (χ0v) is 12.3. The Kier molecular flexibility index (Phi) is 6.21. The van der Waals surface area contributed by atoms with Gasteiger partial charge in [0.1, 0.15) is 6.54 Å². The molecule has 8 heteroatoms. The van der Waals surface area contributed by atoms with Crippen molar-refractivity contribution in [1.29, 1.82) is 0 Å². The monoisotopic (exact) mass is 317 g/mol. The van der Waals surface area contributed by atoms with Gasteiger partial charge in [-0.15, -0.1) is 0 Å². The smallest absolute Gasteiger partial charge is 0.343 e. The van der Waals surface area contributed by atoms with Crippen LogP contribution in [0.2, 0.25) is 0 Å². The number of amides is 3. The van der Waals surface area contributed by atoms with Crippen molar-refractivity contribution in [2.75, 3.05) is 6.54 Å². The van der Waals surface area contributed by atoms with Gasteiger partial charge in [0.25, 0.3) is 5.91 Å². The predicted molar refractivity (Wildman–Crippen MR) is 75.3 cm³/mol. The van der Waals surface area contributed by atoms with Gasteiger partial charge in [-0.1, -0.05) is 12.1 Å². The first kappa shape index (κ1) is 17.8. The van der Waals surface area contributed by atoms with E-state index in [2.05, 4.69) is 10.6 Å². The van der Waals surface area contributed by atoms with Crippen LogP contribution in [0.1, 0.15) is 29.8 Å². The molecule has 0 saturated heterocycles. The predicted octanol–water partition coefficient (Wildman–Crippen LogP) is 2.19. The molecule has 22 heavy (non-hydrogen) atoms. The van der Waals surface area contributed by atoms with E-state index in [0.717, 1.165) is 5.56 Å². The Labute approximate surface area is 126 Å². The molecule has 1 aromatic carbocycles. The summed E-state index contributed by atoms with van der Waals surface area (Å²) >= 11 is 0. The van der Waals surface area contributed by atoms with Gasteiger partial charge in [0.2, 0.25) is 0 Å². The van der Waals surface area contributed by atoms with Gasteiger partial charge in [0, 0.05) is 18.2 Å². The molecule has 0 aliphatic rings. The summed E-state index contributed by atoms with van der Waals surface area (Å²) in [6.07, 6.45) is -4.44. The third kappa shape index (κ3) is 6.96. The van der Waals surface area contributed by atoms with E-state index in [1.807, 2.05) is 13.8 Å². The van der Waals surface area contributed by atoms with Crippen LogP contribution in [0, 0.1) is 0 Å². The number of rotatable bonds is 5. The third-order valence-corrected chi connectivity index (χ3v) is 2.54. The number of carbonyl (C=O) groups is 2. The zero-order valence-electron chi connectivity index (χ0n) is 12.3. The summed E-state index contributed by atoms with van der Waals surface area (Å²) < 4.78 is 36.0. The van der Waals surface area contributed by atoms with Crippen LogP contribution in [-0.4, -0.2) is 30.7 Å². The van der Waals surface area contributed by atoms with Crippen LogP contribution >= 0.6 is 0 Å². The normalized spacial score (nSPS) is 11.2. The minimum atomic E-state index is -4.44.